The lowest BCUT2D eigenvalue weighted by atomic mass is 10.1. The number of halogens is 2. The minimum absolute atomic E-state index is 0.0439. The molecule has 0 aliphatic rings. The number of carbonyl (C=O) groups is 2. The Bertz CT molecular complexity index is 1520. The molecule has 13 heteroatoms. The number of methoxy groups -OCH3 is 3. The summed E-state index contributed by atoms with van der Waals surface area (Å²) in [4.78, 5) is 28.1. The lowest BCUT2D eigenvalue weighted by Gasteiger charge is -2.32. The number of hydrogen-bond donors (Lipinski definition) is 1. The van der Waals surface area contributed by atoms with Crippen molar-refractivity contribution in [2.24, 2.45) is 0 Å². The third-order valence-electron chi connectivity index (χ3n) is 6.42. The molecule has 0 unspecified atom stereocenters. The number of ether oxygens (including phenoxy) is 3. The van der Waals surface area contributed by atoms with E-state index in [9.17, 15) is 18.0 Å². The van der Waals surface area contributed by atoms with Crippen LogP contribution in [-0.2, 0) is 26.2 Å². The van der Waals surface area contributed by atoms with Crippen LogP contribution in [0, 0.1) is 0 Å². The fourth-order valence-electron chi connectivity index (χ4n) is 4.17. The first-order valence-electron chi connectivity index (χ1n) is 12.9. The van der Waals surface area contributed by atoms with Gasteiger partial charge < -0.3 is 24.4 Å². The van der Waals surface area contributed by atoms with Crippen molar-refractivity contribution >= 4 is 55.1 Å². The monoisotopic (exact) mass is 681 g/mol. The highest BCUT2D eigenvalue weighted by Crippen LogP contribution is 2.37. The van der Waals surface area contributed by atoms with E-state index in [1.807, 2.05) is 24.3 Å². The van der Waals surface area contributed by atoms with E-state index in [0.717, 1.165) is 14.3 Å². The molecule has 0 aromatic heterocycles. The Kier molecular flexibility index (Phi) is 11.5. The van der Waals surface area contributed by atoms with E-state index in [-0.39, 0.29) is 39.6 Å². The van der Waals surface area contributed by atoms with Crippen LogP contribution in [0.15, 0.2) is 70.0 Å². The molecule has 3 aromatic carbocycles. The summed E-state index contributed by atoms with van der Waals surface area (Å²) < 4.78 is 46.2. The molecule has 0 heterocycles. The van der Waals surface area contributed by atoms with E-state index in [2.05, 4.69) is 21.2 Å². The molecule has 42 heavy (non-hydrogen) atoms. The first kappa shape index (κ1) is 33.0. The summed E-state index contributed by atoms with van der Waals surface area (Å²) in [6, 6.07) is 14.9. The molecule has 0 saturated carbocycles. The molecule has 1 N–H and O–H groups in total. The zero-order valence-electron chi connectivity index (χ0n) is 23.9. The van der Waals surface area contributed by atoms with E-state index in [0.29, 0.717) is 12.3 Å². The molecule has 3 rings (SSSR count). The Labute approximate surface area is 259 Å². The molecule has 10 nitrogen and oxygen atoms in total. The van der Waals surface area contributed by atoms with E-state index in [4.69, 9.17) is 25.8 Å². The van der Waals surface area contributed by atoms with Gasteiger partial charge in [-0.2, -0.15) is 0 Å². The molecular weight excluding hydrogens is 650 g/mol. The van der Waals surface area contributed by atoms with Crippen LogP contribution >= 0.6 is 27.5 Å². The number of rotatable bonds is 13. The minimum Gasteiger partial charge on any atom is -0.495 e. The number of amides is 2. The van der Waals surface area contributed by atoms with Gasteiger partial charge in [-0.1, -0.05) is 39.7 Å². The summed E-state index contributed by atoms with van der Waals surface area (Å²) in [5.41, 5.74) is 0.791. The predicted molar refractivity (Wildman–Crippen MR) is 165 cm³/mol. The van der Waals surface area contributed by atoms with E-state index < -0.39 is 28.5 Å². The van der Waals surface area contributed by atoms with Gasteiger partial charge in [0.1, 0.15) is 18.3 Å². The lowest BCUT2D eigenvalue weighted by Crippen LogP contribution is -2.51. The number of nitrogens with one attached hydrogen (secondary N) is 1. The zero-order valence-corrected chi connectivity index (χ0v) is 27.0. The SMILES string of the molecule is CCNC(=O)[C@@H](C)N(Cc1ccc(Br)cc1)C(=O)CN(c1cc(Cl)ccc1OC)S(=O)(=O)c1ccc(OC)c(OC)c1. The van der Waals surface area contributed by atoms with Crippen molar-refractivity contribution in [1.82, 2.24) is 10.2 Å². The smallest absolute Gasteiger partial charge is 0.265 e. The second-order valence-electron chi connectivity index (χ2n) is 9.06. The Morgan fingerprint density at radius 3 is 2.14 bits per heavy atom. The molecule has 3 aromatic rings. The van der Waals surface area contributed by atoms with Crippen molar-refractivity contribution < 1.29 is 32.2 Å². The van der Waals surface area contributed by atoms with E-state index >= 15 is 0 Å². The van der Waals surface area contributed by atoms with Gasteiger partial charge >= 0.3 is 0 Å². The van der Waals surface area contributed by atoms with Gasteiger partial charge in [-0.3, -0.25) is 13.9 Å². The van der Waals surface area contributed by atoms with Gasteiger partial charge in [0.15, 0.2) is 11.5 Å². The third kappa shape index (κ3) is 7.67. The number of anilines is 1. The second-order valence-corrected chi connectivity index (χ2v) is 12.3. The van der Waals surface area contributed by atoms with Gasteiger partial charge in [0.2, 0.25) is 11.8 Å². The highest BCUT2D eigenvalue weighted by molar-refractivity contribution is 9.10. The molecule has 0 aliphatic heterocycles. The van der Waals surface area contributed by atoms with Crippen LogP contribution in [-0.4, -0.2) is 65.6 Å². The van der Waals surface area contributed by atoms with Crippen LogP contribution in [0.25, 0.3) is 0 Å². The maximum Gasteiger partial charge on any atom is 0.265 e. The number of nitrogens with zero attached hydrogens (tertiary/aromatic N) is 2. The average Bonchev–Trinajstić information content (AvgIpc) is 2.98. The lowest BCUT2D eigenvalue weighted by molar-refractivity contribution is -0.139. The Morgan fingerprint density at radius 1 is 0.929 bits per heavy atom. The fraction of sp³-hybridized carbons (Fsp3) is 0.310. The van der Waals surface area contributed by atoms with Crippen molar-refractivity contribution in [2.45, 2.75) is 31.3 Å². The van der Waals surface area contributed by atoms with Gasteiger partial charge in [0.05, 0.1) is 31.9 Å². The van der Waals surface area contributed by atoms with Crippen LogP contribution in [0.4, 0.5) is 5.69 Å². The summed E-state index contributed by atoms with van der Waals surface area (Å²) in [5, 5.41) is 2.96. The first-order valence-corrected chi connectivity index (χ1v) is 15.5. The van der Waals surface area contributed by atoms with Crippen LogP contribution < -0.4 is 23.8 Å². The summed E-state index contributed by atoms with van der Waals surface area (Å²) >= 11 is 9.68. The highest BCUT2D eigenvalue weighted by Gasteiger charge is 2.34. The summed E-state index contributed by atoms with van der Waals surface area (Å²) in [6.45, 7) is 3.13. The van der Waals surface area contributed by atoms with Crippen LogP contribution in [0.3, 0.4) is 0 Å². The first-order chi connectivity index (χ1) is 20.0. The Morgan fingerprint density at radius 2 is 1.55 bits per heavy atom. The molecule has 0 radical (unpaired) electrons. The van der Waals surface area contributed by atoms with Gasteiger partial charge in [0.25, 0.3) is 10.0 Å². The fourth-order valence-corrected chi connectivity index (χ4v) is 6.03. The summed E-state index contributed by atoms with van der Waals surface area (Å²) in [6.07, 6.45) is 0. The largest absolute Gasteiger partial charge is 0.495 e. The van der Waals surface area contributed by atoms with Gasteiger partial charge in [0, 0.05) is 28.7 Å². The zero-order chi connectivity index (χ0) is 31.0. The molecule has 2 amide bonds. The predicted octanol–water partition coefficient (Wildman–Crippen LogP) is 4.88. The molecular formula is C29H33BrClN3O7S. The Balaban J connectivity index is 2.14. The van der Waals surface area contributed by atoms with Gasteiger partial charge in [-0.05, 0) is 61.9 Å². The van der Waals surface area contributed by atoms with Crippen molar-refractivity contribution in [1.29, 1.82) is 0 Å². The molecule has 0 spiro atoms. The third-order valence-corrected chi connectivity index (χ3v) is 8.94. The van der Waals surface area contributed by atoms with Crippen LogP contribution in [0.5, 0.6) is 17.2 Å². The van der Waals surface area contributed by atoms with Crippen molar-refractivity contribution in [3.63, 3.8) is 0 Å². The van der Waals surface area contributed by atoms with Gasteiger partial charge in [-0.15, -0.1) is 0 Å². The maximum atomic E-state index is 14.2. The van der Waals surface area contributed by atoms with E-state index in [1.54, 1.807) is 19.9 Å². The van der Waals surface area contributed by atoms with Crippen LogP contribution in [0.1, 0.15) is 19.4 Å². The number of likely N-dealkylation sites (N-methyl/N-ethyl adjacent to an activating group) is 1. The molecule has 1 atom stereocenters. The number of carbonyl (C=O) groups excluding carboxylic acids is 2. The van der Waals surface area contributed by atoms with Crippen LogP contribution in [0.2, 0.25) is 5.02 Å². The minimum atomic E-state index is -4.42. The molecule has 226 valence electrons. The van der Waals surface area contributed by atoms with Gasteiger partial charge in [-0.25, -0.2) is 8.42 Å². The Hall–Kier alpha value is -3.48. The number of sulfonamides is 1. The van der Waals surface area contributed by atoms with Crippen molar-refractivity contribution in [2.75, 3.05) is 38.7 Å². The number of benzene rings is 3. The summed E-state index contributed by atoms with van der Waals surface area (Å²) in [5.74, 6) is -0.312. The molecule has 0 fully saturated rings. The maximum absolute atomic E-state index is 14.2. The standard InChI is InChI=1S/C29H33BrClN3O7S/c1-6-32-29(36)19(2)33(17-20-7-9-21(30)10-8-20)28(35)18-34(24-15-22(31)11-13-25(24)39-3)42(37,38)23-12-14-26(40-4)27(16-23)41-5/h7-16,19H,6,17-18H2,1-5H3,(H,32,36)/t19-/m1/s1. The van der Waals surface area contributed by atoms with Crippen molar-refractivity contribution in [3.05, 3.63) is 75.7 Å². The quantitative estimate of drug-likeness (QED) is 0.274. The normalized spacial score (nSPS) is 11.8. The van der Waals surface area contributed by atoms with E-state index in [1.165, 1.54) is 56.6 Å². The average molecular weight is 683 g/mol. The van der Waals surface area contributed by atoms with Crippen molar-refractivity contribution in [3.8, 4) is 17.2 Å². The summed E-state index contributed by atoms with van der Waals surface area (Å²) in [7, 11) is -0.216. The molecule has 0 bridgehead atoms. The molecule has 0 aliphatic carbocycles. The number of hydrogen-bond acceptors (Lipinski definition) is 7. The second kappa shape index (κ2) is 14.6. The highest BCUT2D eigenvalue weighted by atomic mass is 79.9. The molecule has 0 saturated heterocycles. The topological polar surface area (TPSA) is 114 Å².